The van der Waals surface area contributed by atoms with Crippen LogP contribution in [0.25, 0.3) is 0 Å². The fourth-order valence-electron chi connectivity index (χ4n) is 2.26. The third kappa shape index (κ3) is 3.19. The first-order valence-corrected chi connectivity index (χ1v) is 6.28. The highest BCUT2D eigenvalue weighted by Crippen LogP contribution is 2.19. The number of rotatable bonds is 6. The summed E-state index contributed by atoms with van der Waals surface area (Å²) in [6.45, 7) is 8.86. The fraction of sp³-hybridized carbons (Fsp3) is 0.917. The minimum absolute atomic E-state index is 0.250. The van der Waals surface area contributed by atoms with Crippen molar-refractivity contribution in [3.63, 3.8) is 0 Å². The lowest BCUT2D eigenvalue weighted by atomic mass is 10.00. The van der Waals surface area contributed by atoms with Crippen molar-refractivity contribution in [2.75, 3.05) is 19.6 Å². The van der Waals surface area contributed by atoms with Crippen LogP contribution < -0.4 is 11.1 Å². The van der Waals surface area contributed by atoms with E-state index in [0.29, 0.717) is 6.04 Å². The number of hydrogen-bond acceptors (Lipinski definition) is 3. The molecule has 4 heteroatoms. The molecule has 0 aromatic carbocycles. The van der Waals surface area contributed by atoms with Gasteiger partial charge >= 0.3 is 0 Å². The van der Waals surface area contributed by atoms with Crippen molar-refractivity contribution in [1.29, 1.82) is 0 Å². The minimum Gasteiger partial charge on any atom is -0.368 e. The highest BCUT2D eigenvalue weighted by atomic mass is 16.1. The van der Waals surface area contributed by atoms with Gasteiger partial charge in [-0.2, -0.15) is 0 Å². The summed E-state index contributed by atoms with van der Waals surface area (Å²) >= 11 is 0. The molecular weight excluding hydrogens is 202 g/mol. The number of hydrogen-bond donors (Lipinski definition) is 2. The molecule has 0 aliphatic carbocycles. The van der Waals surface area contributed by atoms with E-state index in [-0.39, 0.29) is 5.91 Å². The molecule has 0 radical (unpaired) electrons. The summed E-state index contributed by atoms with van der Waals surface area (Å²) in [5, 5.41) is 3.28. The maximum atomic E-state index is 11.6. The van der Waals surface area contributed by atoms with Crippen LogP contribution in [0, 0.1) is 0 Å². The van der Waals surface area contributed by atoms with Crippen LogP contribution in [-0.2, 0) is 4.79 Å². The molecule has 94 valence electrons. The van der Waals surface area contributed by atoms with Gasteiger partial charge in [0.05, 0.1) is 0 Å². The third-order valence-electron chi connectivity index (χ3n) is 3.52. The summed E-state index contributed by atoms with van der Waals surface area (Å²) in [4.78, 5) is 13.9. The van der Waals surface area contributed by atoms with E-state index in [4.69, 9.17) is 5.73 Å². The van der Waals surface area contributed by atoms with E-state index >= 15 is 0 Å². The minimum atomic E-state index is -0.589. The number of carbonyl (C=O) groups excluding carboxylic acids is 1. The average molecular weight is 227 g/mol. The van der Waals surface area contributed by atoms with E-state index in [9.17, 15) is 4.79 Å². The molecule has 0 aromatic heterocycles. The van der Waals surface area contributed by atoms with Crippen molar-refractivity contribution in [3.05, 3.63) is 0 Å². The Morgan fingerprint density at radius 3 is 2.75 bits per heavy atom. The van der Waals surface area contributed by atoms with Crippen molar-refractivity contribution in [2.45, 2.75) is 51.6 Å². The molecule has 3 N–H and O–H groups in total. The zero-order chi connectivity index (χ0) is 12.2. The molecule has 1 fully saturated rings. The highest BCUT2D eigenvalue weighted by Gasteiger charge is 2.35. The molecule has 1 rings (SSSR count). The second kappa shape index (κ2) is 5.64. The van der Waals surface area contributed by atoms with Gasteiger partial charge in [-0.1, -0.05) is 6.92 Å². The molecule has 1 aliphatic rings. The van der Waals surface area contributed by atoms with Crippen molar-refractivity contribution >= 4 is 5.91 Å². The predicted molar refractivity (Wildman–Crippen MR) is 66.2 cm³/mol. The van der Waals surface area contributed by atoms with Crippen molar-refractivity contribution < 1.29 is 4.79 Å². The molecule has 1 saturated heterocycles. The van der Waals surface area contributed by atoms with Crippen LogP contribution in [0.5, 0.6) is 0 Å². The van der Waals surface area contributed by atoms with Gasteiger partial charge in [-0.15, -0.1) is 0 Å². The van der Waals surface area contributed by atoms with E-state index in [0.717, 1.165) is 26.1 Å². The van der Waals surface area contributed by atoms with Gasteiger partial charge in [-0.05, 0) is 46.2 Å². The number of nitrogens with two attached hydrogens (primary N) is 1. The Bertz CT molecular complexity index is 244. The van der Waals surface area contributed by atoms with Crippen LogP contribution in [0.3, 0.4) is 0 Å². The Kier molecular flexibility index (Phi) is 4.74. The van der Waals surface area contributed by atoms with E-state index in [1.807, 2.05) is 6.92 Å². The summed E-state index contributed by atoms with van der Waals surface area (Å²) in [5.41, 5.74) is 4.92. The second-order valence-corrected chi connectivity index (χ2v) is 5.08. The number of nitrogens with one attached hydrogen (secondary N) is 1. The molecule has 1 amide bonds. The Morgan fingerprint density at radius 1 is 1.62 bits per heavy atom. The highest BCUT2D eigenvalue weighted by molar-refractivity contribution is 5.84. The molecular formula is C12H25N3O. The Labute approximate surface area is 98.6 Å². The standard InChI is InChI=1S/C12H25N3O/c1-4-7-14-12(3,11(13)16)9-15-8-5-6-10(15)2/h10,14H,4-9H2,1-3H3,(H2,13,16). The molecule has 1 heterocycles. The monoisotopic (exact) mass is 227 g/mol. The van der Waals surface area contributed by atoms with Gasteiger partial charge in [0, 0.05) is 12.6 Å². The molecule has 0 saturated carbocycles. The molecule has 0 bridgehead atoms. The Morgan fingerprint density at radius 2 is 2.31 bits per heavy atom. The van der Waals surface area contributed by atoms with Crippen molar-refractivity contribution in [3.8, 4) is 0 Å². The third-order valence-corrected chi connectivity index (χ3v) is 3.52. The predicted octanol–water partition coefficient (Wildman–Crippen LogP) is 0.714. The van der Waals surface area contributed by atoms with Gasteiger partial charge in [0.15, 0.2) is 0 Å². The molecule has 4 nitrogen and oxygen atoms in total. The first-order chi connectivity index (χ1) is 7.49. The van der Waals surface area contributed by atoms with Gasteiger partial charge in [-0.25, -0.2) is 0 Å². The van der Waals surface area contributed by atoms with Crippen LogP contribution in [0.4, 0.5) is 0 Å². The van der Waals surface area contributed by atoms with Gasteiger partial charge in [0.2, 0.25) is 5.91 Å². The van der Waals surface area contributed by atoms with Crippen LogP contribution in [0.15, 0.2) is 0 Å². The van der Waals surface area contributed by atoms with Crippen LogP contribution in [0.2, 0.25) is 0 Å². The smallest absolute Gasteiger partial charge is 0.238 e. The van der Waals surface area contributed by atoms with Crippen LogP contribution in [0.1, 0.15) is 40.0 Å². The fourth-order valence-corrected chi connectivity index (χ4v) is 2.26. The number of amides is 1. The van der Waals surface area contributed by atoms with Gasteiger partial charge in [0.1, 0.15) is 5.54 Å². The number of carbonyl (C=O) groups is 1. The Hall–Kier alpha value is -0.610. The number of likely N-dealkylation sites (tertiary alicyclic amines) is 1. The number of primary amides is 1. The zero-order valence-electron chi connectivity index (χ0n) is 10.8. The summed E-state index contributed by atoms with van der Waals surface area (Å²) < 4.78 is 0. The zero-order valence-corrected chi connectivity index (χ0v) is 10.8. The number of nitrogens with zero attached hydrogens (tertiary/aromatic N) is 1. The van der Waals surface area contributed by atoms with Gasteiger partial charge < -0.3 is 11.1 Å². The molecule has 16 heavy (non-hydrogen) atoms. The van der Waals surface area contributed by atoms with Gasteiger partial charge in [0.25, 0.3) is 0 Å². The largest absolute Gasteiger partial charge is 0.368 e. The van der Waals surface area contributed by atoms with E-state index in [1.165, 1.54) is 12.8 Å². The molecule has 2 unspecified atom stereocenters. The van der Waals surface area contributed by atoms with Crippen LogP contribution in [-0.4, -0.2) is 42.0 Å². The molecule has 0 aromatic rings. The lowest BCUT2D eigenvalue weighted by Crippen LogP contribution is -2.60. The van der Waals surface area contributed by atoms with Gasteiger partial charge in [-0.3, -0.25) is 9.69 Å². The van der Waals surface area contributed by atoms with E-state index in [1.54, 1.807) is 0 Å². The topological polar surface area (TPSA) is 58.4 Å². The lowest BCUT2D eigenvalue weighted by molar-refractivity contribution is -0.124. The normalized spacial score (nSPS) is 25.6. The molecule has 1 aliphatic heterocycles. The molecule has 0 spiro atoms. The Balaban J connectivity index is 2.59. The SMILES string of the molecule is CCCNC(C)(CN1CCCC1C)C(N)=O. The van der Waals surface area contributed by atoms with E-state index < -0.39 is 5.54 Å². The second-order valence-electron chi connectivity index (χ2n) is 5.08. The quantitative estimate of drug-likeness (QED) is 0.703. The van der Waals surface area contributed by atoms with E-state index in [2.05, 4.69) is 24.1 Å². The molecule has 2 atom stereocenters. The first kappa shape index (κ1) is 13.5. The summed E-state index contributed by atoms with van der Waals surface area (Å²) in [5.74, 6) is -0.250. The van der Waals surface area contributed by atoms with Crippen molar-refractivity contribution in [2.24, 2.45) is 5.73 Å². The maximum Gasteiger partial charge on any atom is 0.238 e. The average Bonchev–Trinajstić information content (AvgIpc) is 2.61. The summed E-state index contributed by atoms with van der Waals surface area (Å²) in [6, 6.07) is 0.571. The summed E-state index contributed by atoms with van der Waals surface area (Å²) in [7, 11) is 0. The lowest BCUT2D eigenvalue weighted by Gasteiger charge is -2.34. The van der Waals surface area contributed by atoms with Crippen molar-refractivity contribution in [1.82, 2.24) is 10.2 Å². The maximum absolute atomic E-state index is 11.6. The first-order valence-electron chi connectivity index (χ1n) is 6.28. The van der Waals surface area contributed by atoms with Crippen LogP contribution >= 0.6 is 0 Å². The summed E-state index contributed by atoms with van der Waals surface area (Å²) in [6.07, 6.45) is 3.46.